The van der Waals surface area contributed by atoms with Gasteiger partial charge in [-0.25, -0.2) is 0 Å². The van der Waals surface area contributed by atoms with E-state index in [9.17, 15) is 0 Å². The second kappa shape index (κ2) is 3.15. The summed E-state index contributed by atoms with van der Waals surface area (Å²) in [6.07, 6.45) is 0. The zero-order chi connectivity index (χ0) is 7.49. The van der Waals surface area contributed by atoms with Crippen LogP contribution in [0.5, 0.6) is 0 Å². The molecule has 0 saturated heterocycles. The number of hydroxylamine groups is 2. The molecule has 56 valence electrons. The summed E-state index contributed by atoms with van der Waals surface area (Å²) in [5.41, 5.74) is 5.40. The molecule has 0 aliphatic carbocycles. The molecule has 0 radical (unpaired) electrons. The maximum absolute atomic E-state index is 5.46. The minimum atomic E-state index is -0.0608. The minimum Gasteiger partial charge on any atom is -0.329 e. The average molecular weight is 132 g/mol. The lowest BCUT2D eigenvalue weighted by Gasteiger charge is -2.31. The molecule has 0 bridgehead atoms. The second-order valence-corrected chi connectivity index (χ2v) is 2.70. The maximum Gasteiger partial charge on any atom is 0.0575 e. The van der Waals surface area contributed by atoms with Gasteiger partial charge in [0.2, 0.25) is 0 Å². The van der Waals surface area contributed by atoms with E-state index in [0.717, 1.165) is 0 Å². The van der Waals surface area contributed by atoms with Gasteiger partial charge in [0.15, 0.2) is 0 Å². The molecular weight excluding hydrogens is 116 g/mol. The van der Waals surface area contributed by atoms with Crippen molar-refractivity contribution in [2.75, 3.05) is 20.7 Å². The number of nitrogens with zero attached hydrogens (tertiary/aromatic N) is 1. The van der Waals surface area contributed by atoms with Crippen LogP contribution in [0, 0.1) is 0 Å². The van der Waals surface area contributed by atoms with Crippen molar-refractivity contribution in [1.29, 1.82) is 0 Å². The average Bonchev–Trinajstić information content (AvgIpc) is 1.86. The Morgan fingerprint density at radius 2 is 2.00 bits per heavy atom. The highest BCUT2D eigenvalue weighted by atomic mass is 16.7. The highest BCUT2D eigenvalue weighted by Crippen LogP contribution is 2.08. The van der Waals surface area contributed by atoms with Gasteiger partial charge in [-0.2, -0.15) is 5.06 Å². The van der Waals surface area contributed by atoms with Crippen LogP contribution in [0.3, 0.4) is 0 Å². The van der Waals surface area contributed by atoms with Gasteiger partial charge in [-0.15, -0.1) is 0 Å². The van der Waals surface area contributed by atoms with Gasteiger partial charge in [0.25, 0.3) is 0 Å². The van der Waals surface area contributed by atoms with E-state index in [1.165, 1.54) is 0 Å². The third-order valence-corrected chi connectivity index (χ3v) is 1.63. The van der Waals surface area contributed by atoms with E-state index >= 15 is 0 Å². The lowest BCUT2D eigenvalue weighted by Crippen LogP contribution is -2.46. The van der Waals surface area contributed by atoms with Gasteiger partial charge in [-0.1, -0.05) is 0 Å². The van der Waals surface area contributed by atoms with Gasteiger partial charge >= 0.3 is 0 Å². The fourth-order valence-electron chi connectivity index (χ4n) is 0.376. The molecule has 0 aromatic rings. The van der Waals surface area contributed by atoms with E-state index < -0.39 is 0 Å². The van der Waals surface area contributed by atoms with Crippen LogP contribution in [0.1, 0.15) is 13.8 Å². The molecule has 2 N–H and O–H groups in total. The Morgan fingerprint density at radius 1 is 1.56 bits per heavy atom. The molecule has 0 aromatic heterocycles. The lowest BCUT2D eigenvalue weighted by atomic mass is 10.1. The van der Waals surface area contributed by atoms with Crippen LogP contribution in [-0.2, 0) is 4.84 Å². The van der Waals surface area contributed by atoms with Crippen LogP contribution in [0.2, 0.25) is 0 Å². The summed E-state index contributed by atoms with van der Waals surface area (Å²) >= 11 is 0. The second-order valence-electron chi connectivity index (χ2n) is 2.70. The van der Waals surface area contributed by atoms with E-state index in [-0.39, 0.29) is 5.54 Å². The summed E-state index contributed by atoms with van der Waals surface area (Å²) < 4.78 is 0. The van der Waals surface area contributed by atoms with Crippen LogP contribution in [0.25, 0.3) is 0 Å². The van der Waals surface area contributed by atoms with Crippen molar-refractivity contribution < 1.29 is 4.84 Å². The molecule has 9 heavy (non-hydrogen) atoms. The van der Waals surface area contributed by atoms with Crippen molar-refractivity contribution in [2.24, 2.45) is 5.73 Å². The quantitative estimate of drug-likeness (QED) is 0.558. The van der Waals surface area contributed by atoms with Crippen molar-refractivity contribution >= 4 is 0 Å². The normalized spacial score (nSPS) is 12.7. The van der Waals surface area contributed by atoms with Crippen LogP contribution in [0.15, 0.2) is 0 Å². The molecule has 3 heteroatoms. The van der Waals surface area contributed by atoms with Crippen LogP contribution < -0.4 is 5.73 Å². The molecule has 0 aromatic carbocycles. The number of nitrogens with two attached hydrogens (primary N) is 1. The molecule has 0 rings (SSSR count). The Kier molecular flexibility index (Phi) is 3.11. The van der Waals surface area contributed by atoms with Crippen LogP contribution >= 0.6 is 0 Å². The summed E-state index contributed by atoms with van der Waals surface area (Å²) in [7, 11) is 3.50. The Bertz CT molecular complexity index is 83.1. The standard InChI is InChI=1S/C6H16N2O/c1-6(2,5-7)8(3)9-4/h5,7H2,1-4H3. The van der Waals surface area contributed by atoms with Gasteiger partial charge in [0.05, 0.1) is 12.6 Å². The van der Waals surface area contributed by atoms with E-state index in [2.05, 4.69) is 0 Å². The molecule has 0 fully saturated rings. The first-order valence-corrected chi connectivity index (χ1v) is 3.02. The predicted molar refractivity (Wildman–Crippen MR) is 37.9 cm³/mol. The highest BCUT2D eigenvalue weighted by Gasteiger charge is 2.20. The first-order valence-electron chi connectivity index (χ1n) is 3.02. The summed E-state index contributed by atoms with van der Waals surface area (Å²) in [6, 6.07) is 0. The first kappa shape index (κ1) is 8.88. The summed E-state index contributed by atoms with van der Waals surface area (Å²) in [6.45, 7) is 4.64. The van der Waals surface area contributed by atoms with Gasteiger partial charge in [0.1, 0.15) is 0 Å². The SMILES string of the molecule is CON(C)C(C)(C)CN. The fraction of sp³-hybridized carbons (Fsp3) is 1.00. The van der Waals surface area contributed by atoms with Gasteiger partial charge < -0.3 is 10.6 Å². The Morgan fingerprint density at radius 3 is 2.11 bits per heavy atom. The Labute approximate surface area is 56.7 Å². The number of hydrogen-bond acceptors (Lipinski definition) is 3. The van der Waals surface area contributed by atoms with Gasteiger partial charge in [-0.3, -0.25) is 0 Å². The molecule has 0 aliphatic rings. The van der Waals surface area contributed by atoms with Crippen LogP contribution in [0.4, 0.5) is 0 Å². The molecule has 0 heterocycles. The molecule has 3 nitrogen and oxygen atoms in total. The molecular formula is C6H16N2O. The molecule has 0 amide bonds. The largest absolute Gasteiger partial charge is 0.329 e. The number of likely N-dealkylation sites (N-methyl/N-ethyl adjacent to an activating group) is 1. The summed E-state index contributed by atoms with van der Waals surface area (Å²) in [4.78, 5) is 4.96. The van der Waals surface area contributed by atoms with E-state index in [4.69, 9.17) is 10.6 Å². The molecule has 0 saturated carbocycles. The van der Waals surface area contributed by atoms with Crippen molar-refractivity contribution in [3.63, 3.8) is 0 Å². The molecule has 0 atom stereocenters. The van der Waals surface area contributed by atoms with Gasteiger partial charge in [-0.05, 0) is 13.8 Å². The minimum absolute atomic E-state index is 0.0608. The molecule has 0 aliphatic heterocycles. The summed E-state index contributed by atoms with van der Waals surface area (Å²) in [5, 5.41) is 1.74. The van der Waals surface area contributed by atoms with E-state index in [1.807, 2.05) is 20.9 Å². The van der Waals surface area contributed by atoms with Crippen molar-refractivity contribution in [3.05, 3.63) is 0 Å². The van der Waals surface area contributed by atoms with Crippen molar-refractivity contribution in [3.8, 4) is 0 Å². The zero-order valence-electron chi connectivity index (χ0n) is 6.64. The predicted octanol–water partition coefficient (Wildman–Crippen LogP) is 0.217. The zero-order valence-corrected chi connectivity index (χ0v) is 6.64. The molecule has 0 spiro atoms. The number of rotatable bonds is 3. The third kappa shape index (κ3) is 2.30. The molecule has 0 unspecified atom stereocenters. The van der Waals surface area contributed by atoms with E-state index in [1.54, 1.807) is 12.2 Å². The summed E-state index contributed by atoms with van der Waals surface area (Å²) in [5.74, 6) is 0. The monoisotopic (exact) mass is 132 g/mol. The van der Waals surface area contributed by atoms with Gasteiger partial charge in [0, 0.05) is 13.6 Å². The smallest absolute Gasteiger partial charge is 0.0575 e. The maximum atomic E-state index is 5.46. The first-order chi connectivity index (χ1) is 4.04. The Hall–Kier alpha value is -0.120. The Balaban J connectivity index is 3.80. The highest BCUT2D eigenvalue weighted by molar-refractivity contribution is 4.74. The van der Waals surface area contributed by atoms with Crippen molar-refractivity contribution in [2.45, 2.75) is 19.4 Å². The van der Waals surface area contributed by atoms with Crippen molar-refractivity contribution in [1.82, 2.24) is 5.06 Å². The van der Waals surface area contributed by atoms with Crippen LogP contribution in [-0.4, -0.2) is 31.3 Å². The lowest BCUT2D eigenvalue weighted by molar-refractivity contribution is -0.169. The third-order valence-electron chi connectivity index (χ3n) is 1.63. The van der Waals surface area contributed by atoms with E-state index in [0.29, 0.717) is 6.54 Å². The topological polar surface area (TPSA) is 38.5 Å². The number of hydrogen-bond donors (Lipinski definition) is 1. The fourth-order valence-corrected chi connectivity index (χ4v) is 0.376.